The molecule has 6 heteroatoms. The minimum absolute atomic E-state index is 0. The smallest absolute Gasteiger partial charge is 0.257 e. The van der Waals surface area contributed by atoms with Crippen molar-refractivity contribution >= 4 is 18.3 Å². The third-order valence-electron chi connectivity index (χ3n) is 5.37. The molecule has 2 saturated heterocycles. The standard InChI is InChI=1S/C19H24N4O.ClH/c24-19(22-8-6-16-10-20-11-17(16)7-9-22)18-12-21-23(14-18)13-15-4-2-1-3-5-15;/h1-5,12,14,16-17,20H,6-11,13H2;1H/t16-,17+;. The van der Waals surface area contributed by atoms with E-state index in [-0.39, 0.29) is 18.3 Å². The Bertz CT molecular complexity index is 688. The second kappa shape index (κ2) is 8.02. The Morgan fingerprint density at radius 2 is 1.80 bits per heavy atom. The fraction of sp³-hybridized carbons (Fsp3) is 0.474. The van der Waals surface area contributed by atoms with Crippen LogP contribution in [-0.2, 0) is 6.54 Å². The molecule has 1 amide bonds. The molecular formula is C19H25ClN4O. The summed E-state index contributed by atoms with van der Waals surface area (Å²) in [6.45, 7) is 4.66. The molecule has 2 aromatic rings. The first-order valence-electron chi connectivity index (χ1n) is 8.86. The number of hydrogen-bond donors (Lipinski definition) is 1. The van der Waals surface area contributed by atoms with Gasteiger partial charge in [0.25, 0.3) is 5.91 Å². The van der Waals surface area contributed by atoms with Gasteiger partial charge in [-0.3, -0.25) is 9.48 Å². The first-order chi connectivity index (χ1) is 11.8. The molecule has 3 heterocycles. The minimum Gasteiger partial charge on any atom is -0.339 e. The van der Waals surface area contributed by atoms with E-state index in [4.69, 9.17) is 0 Å². The van der Waals surface area contributed by atoms with Crippen molar-refractivity contribution in [3.8, 4) is 0 Å². The number of amides is 1. The first kappa shape index (κ1) is 18.0. The lowest BCUT2D eigenvalue weighted by atomic mass is 9.92. The summed E-state index contributed by atoms with van der Waals surface area (Å²) >= 11 is 0. The Balaban J connectivity index is 0.00000182. The topological polar surface area (TPSA) is 50.2 Å². The molecule has 1 aromatic carbocycles. The molecule has 0 saturated carbocycles. The number of carbonyl (C=O) groups is 1. The Hall–Kier alpha value is -1.85. The molecule has 0 bridgehead atoms. The Morgan fingerprint density at radius 3 is 2.48 bits per heavy atom. The van der Waals surface area contributed by atoms with Crippen molar-refractivity contribution in [1.82, 2.24) is 20.0 Å². The SMILES string of the molecule is Cl.O=C(c1cnn(Cc2ccccc2)c1)N1CC[C@@H]2CNC[C@@H]2CC1. The predicted molar refractivity (Wildman–Crippen MR) is 100 cm³/mol. The molecule has 0 aliphatic carbocycles. The lowest BCUT2D eigenvalue weighted by Crippen LogP contribution is -2.32. The van der Waals surface area contributed by atoms with Crippen molar-refractivity contribution < 1.29 is 4.79 Å². The molecule has 4 rings (SSSR count). The average Bonchev–Trinajstić information content (AvgIpc) is 3.21. The highest BCUT2D eigenvalue weighted by molar-refractivity contribution is 5.93. The molecule has 0 radical (unpaired) electrons. The zero-order chi connectivity index (χ0) is 16.4. The van der Waals surface area contributed by atoms with E-state index in [1.54, 1.807) is 6.20 Å². The predicted octanol–water partition coefficient (Wildman–Crippen LogP) is 2.42. The van der Waals surface area contributed by atoms with Gasteiger partial charge in [0.05, 0.1) is 18.3 Å². The zero-order valence-electron chi connectivity index (χ0n) is 14.3. The highest BCUT2D eigenvalue weighted by Gasteiger charge is 2.31. The third-order valence-corrected chi connectivity index (χ3v) is 5.37. The highest BCUT2D eigenvalue weighted by Crippen LogP contribution is 2.27. The van der Waals surface area contributed by atoms with Crippen molar-refractivity contribution in [2.75, 3.05) is 26.2 Å². The third kappa shape index (κ3) is 4.05. The van der Waals surface area contributed by atoms with Crippen LogP contribution in [-0.4, -0.2) is 46.8 Å². The summed E-state index contributed by atoms with van der Waals surface area (Å²) in [5.41, 5.74) is 1.89. The van der Waals surface area contributed by atoms with Gasteiger partial charge in [0.15, 0.2) is 0 Å². The molecule has 25 heavy (non-hydrogen) atoms. The molecule has 2 aliphatic rings. The number of benzene rings is 1. The summed E-state index contributed by atoms with van der Waals surface area (Å²) in [4.78, 5) is 14.8. The lowest BCUT2D eigenvalue weighted by molar-refractivity contribution is 0.0758. The van der Waals surface area contributed by atoms with E-state index in [1.807, 2.05) is 34.0 Å². The summed E-state index contributed by atoms with van der Waals surface area (Å²) in [5, 5.41) is 7.84. The molecular weight excluding hydrogens is 336 g/mol. The summed E-state index contributed by atoms with van der Waals surface area (Å²) < 4.78 is 1.85. The van der Waals surface area contributed by atoms with Crippen molar-refractivity contribution in [2.24, 2.45) is 11.8 Å². The van der Waals surface area contributed by atoms with Gasteiger partial charge in [-0.25, -0.2) is 0 Å². The summed E-state index contributed by atoms with van der Waals surface area (Å²) in [6.07, 6.45) is 5.81. The van der Waals surface area contributed by atoms with E-state index >= 15 is 0 Å². The van der Waals surface area contributed by atoms with Gasteiger partial charge in [0.2, 0.25) is 0 Å². The summed E-state index contributed by atoms with van der Waals surface area (Å²) in [5.74, 6) is 1.61. The van der Waals surface area contributed by atoms with Gasteiger partial charge >= 0.3 is 0 Å². The van der Waals surface area contributed by atoms with E-state index in [2.05, 4.69) is 22.5 Å². The number of aromatic nitrogens is 2. The van der Waals surface area contributed by atoms with Gasteiger partial charge in [0.1, 0.15) is 0 Å². The summed E-state index contributed by atoms with van der Waals surface area (Å²) in [7, 11) is 0. The van der Waals surface area contributed by atoms with Crippen LogP contribution in [0.2, 0.25) is 0 Å². The van der Waals surface area contributed by atoms with Crippen molar-refractivity contribution in [2.45, 2.75) is 19.4 Å². The normalized spacial score (nSPS) is 22.8. The van der Waals surface area contributed by atoms with Crippen LogP contribution in [0, 0.1) is 11.8 Å². The number of halogens is 1. The second-order valence-corrected chi connectivity index (χ2v) is 6.96. The average molecular weight is 361 g/mol. The van der Waals surface area contributed by atoms with Crippen LogP contribution in [0.5, 0.6) is 0 Å². The number of likely N-dealkylation sites (tertiary alicyclic amines) is 1. The monoisotopic (exact) mass is 360 g/mol. The number of nitrogens with zero attached hydrogens (tertiary/aromatic N) is 3. The largest absolute Gasteiger partial charge is 0.339 e. The van der Waals surface area contributed by atoms with Gasteiger partial charge in [-0.1, -0.05) is 30.3 Å². The molecule has 2 aliphatic heterocycles. The maximum Gasteiger partial charge on any atom is 0.257 e. The molecule has 0 spiro atoms. The zero-order valence-corrected chi connectivity index (χ0v) is 15.1. The molecule has 0 unspecified atom stereocenters. The van der Waals surface area contributed by atoms with E-state index in [0.29, 0.717) is 12.1 Å². The fourth-order valence-electron chi connectivity index (χ4n) is 3.93. The quantitative estimate of drug-likeness (QED) is 0.914. The number of nitrogens with one attached hydrogen (secondary N) is 1. The van der Waals surface area contributed by atoms with Gasteiger partial charge < -0.3 is 10.2 Å². The van der Waals surface area contributed by atoms with Crippen LogP contribution in [0.15, 0.2) is 42.7 Å². The maximum atomic E-state index is 12.8. The van der Waals surface area contributed by atoms with E-state index in [1.165, 1.54) is 5.56 Å². The lowest BCUT2D eigenvalue weighted by Gasteiger charge is -2.20. The van der Waals surface area contributed by atoms with E-state index in [0.717, 1.165) is 50.9 Å². The molecule has 134 valence electrons. The van der Waals surface area contributed by atoms with Gasteiger partial charge in [-0.15, -0.1) is 12.4 Å². The van der Waals surface area contributed by atoms with Crippen LogP contribution < -0.4 is 5.32 Å². The van der Waals surface area contributed by atoms with E-state index in [9.17, 15) is 4.79 Å². The van der Waals surface area contributed by atoms with Crippen molar-refractivity contribution in [3.63, 3.8) is 0 Å². The maximum absolute atomic E-state index is 12.8. The molecule has 2 atom stereocenters. The first-order valence-corrected chi connectivity index (χ1v) is 8.86. The summed E-state index contributed by atoms with van der Waals surface area (Å²) in [6, 6.07) is 10.2. The number of carbonyl (C=O) groups excluding carboxylic acids is 1. The van der Waals surface area contributed by atoms with Crippen molar-refractivity contribution in [1.29, 1.82) is 0 Å². The van der Waals surface area contributed by atoms with Crippen LogP contribution in [0.3, 0.4) is 0 Å². The van der Waals surface area contributed by atoms with Crippen LogP contribution in [0.4, 0.5) is 0 Å². The molecule has 5 nitrogen and oxygen atoms in total. The fourth-order valence-corrected chi connectivity index (χ4v) is 3.93. The van der Waals surface area contributed by atoms with Gasteiger partial charge in [-0.2, -0.15) is 5.10 Å². The number of rotatable bonds is 3. The van der Waals surface area contributed by atoms with Crippen LogP contribution in [0.1, 0.15) is 28.8 Å². The molecule has 1 N–H and O–H groups in total. The second-order valence-electron chi connectivity index (χ2n) is 6.96. The van der Waals surface area contributed by atoms with Crippen LogP contribution >= 0.6 is 12.4 Å². The van der Waals surface area contributed by atoms with Crippen LogP contribution in [0.25, 0.3) is 0 Å². The minimum atomic E-state index is 0. The highest BCUT2D eigenvalue weighted by atomic mass is 35.5. The Labute approximate surface area is 154 Å². The Kier molecular flexibility index (Phi) is 5.76. The molecule has 1 aromatic heterocycles. The number of hydrogen-bond acceptors (Lipinski definition) is 3. The van der Waals surface area contributed by atoms with E-state index < -0.39 is 0 Å². The molecule has 2 fully saturated rings. The van der Waals surface area contributed by atoms with Crippen molar-refractivity contribution in [3.05, 3.63) is 53.9 Å². The Morgan fingerprint density at radius 1 is 1.12 bits per heavy atom. The van der Waals surface area contributed by atoms with Gasteiger partial charge in [0, 0.05) is 19.3 Å². The van der Waals surface area contributed by atoms with Gasteiger partial charge in [-0.05, 0) is 43.3 Å². The number of fused-ring (bicyclic) bond motifs is 1.